The molecule has 0 heterocycles. The van der Waals surface area contributed by atoms with Crippen molar-refractivity contribution in [1.29, 1.82) is 0 Å². The smallest absolute Gasteiger partial charge is 0.307 e. The highest BCUT2D eigenvalue weighted by Gasteiger charge is 2.09. The first-order valence-corrected chi connectivity index (χ1v) is 2.94. The minimum Gasteiger partial charge on any atom is -0.469 e. The minimum atomic E-state index is -0.424. The number of hydrogen-bond acceptors (Lipinski definition) is 4. The molecule has 0 amide bonds. The van der Waals surface area contributed by atoms with Crippen molar-refractivity contribution in [3.05, 3.63) is 0 Å². The summed E-state index contributed by atoms with van der Waals surface area (Å²) in [5.41, 5.74) is 0. The lowest BCUT2D eigenvalue weighted by Gasteiger charge is -2.05. The van der Waals surface area contributed by atoms with Crippen LogP contribution in [0.15, 0.2) is 0 Å². The summed E-state index contributed by atoms with van der Waals surface area (Å²) in [6, 6.07) is -0.424. The van der Waals surface area contributed by atoms with Crippen LogP contribution in [0.3, 0.4) is 0 Å². The Morgan fingerprint density at radius 1 is 1.80 bits per heavy atom. The van der Waals surface area contributed by atoms with Gasteiger partial charge in [0.05, 0.1) is 19.6 Å². The zero-order valence-corrected chi connectivity index (χ0v) is 6.09. The first kappa shape index (κ1) is 9.10. The molecule has 0 aliphatic heterocycles. The monoisotopic (exact) mass is 145 g/mol. The summed E-state index contributed by atoms with van der Waals surface area (Å²) in [7, 11) is 2.90. The van der Waals surface area contributed by atoms with Gasteiger partial charge in [-0.2, -0.15) is 0 Å². The third-order valence-electron chi connectivity index (χ3n) is 1.15. The van der Waals surface area contributed by atoms with E-state index in [1.807, 2.05) is 0 Å². The molecule has 1 atom stereocenters. The Morgan fingerprint density at radius 2 is 2.40 bits per heavy atom. The number of ether oxygens (including phenoxy) is 1. The normalized spacial score (nSPS) is 12.2. The number of nitrogens with one attached hydrogen (secondary N) is 1. The van der Waals surface area contributed by atoms with E-state index >= 15 is 0 Å². The molecule has 0 aromatic carbocycles. The van der Waals surface area contributed by atoms with Crippen molar-refractivity contribution < 1.29 is 14.3 Å². The van der Waals surface area contributed by atoms with Gasteiger partial charge in [0.25, 0.3) is 0 Å². The highest BCUT2D eigenvalue weighted by molar-refractivity contribution is 5.75. The fraction of sp³-hybridized carbons (Fsp3) is 0.667. The van der Waals surface area contributed by atoms with E-state index in [9.17, 15) is 9.59 Å². The van der Waals surface area contributed by atoms with Crippen LogP contribution >= 0.6 is 0 Å². The molecule has 0 rings (SSSR count). The number of rotatable bonds is 4. The summed E-state index contributed by atoms with van der Waals surface area (Å²) >= 11 is 0. The molecule has 0 saturated heterocycles. The molecule has 0 saturated carbocycles. The van der Waals surface area contributed by atoms with Crippen LogP contribution in [0.25, 0.3) is 0 Å². The van der Waals surface area contributed by atoms with Crippen LogP contribution in [0.1, 0.15) is 6.42 Å². The maximum Gasteiger partial charge on any atom is 0.307 e. The third kappa shape index (κ3) is 3.19. The molecule has 4 nitrogen and oxygen atoms in total. The van der Waals surface area contributed by atoms with Gasteiger partial charge in [-0.3, -0.25) is 4.79 Å². The predicted octanol–water partition coefficient (Wildman–Crippen LogP) is -0.664. The molecule has 0 fully saturated rings. The molecule has 0 aliphatic carbocycles. The van der Waals surface area contributed by atoms with Gasteiger partial charge in [0.15, 0.2) is 0 Å². The maximum absolute atomic E-state index is 10.5. The molecule has 0 radical (unpaired) electrons. The van der Waals surface area contributed by atoms with Crippen molar-refractivity contribution in [2.45, 2.75) is 12.5 Å². The average Bonchev–Trinajstić information content (AvgIpc) is 1.99. The van der Waals surface area contributed by atoms with Crippen LogP contribution in [-0.4, -0.2) is 32.5 Å². The van der Waals surface area contributed by atoms with Gasteiger partial charge >= 0.3 is 5.97 Å². The molecule has 10 heavy (non-hydrogen) atoms. The Balaban J connectivity index is 3.62. The van der Waals surface area contributed by atoms with Gasteiger partial charge < -0.3 is 14.8 Å². The van der Waals surface area contributed by atoms with Crippen molar-refractivity contribution in [3.63, 3.8) is 0 Å². The van der Waals surface area contributed by atoms with Crippen LogP contribution in [0, 0.1) is 0 Å². The molecule has 4 heteroatoms. The predicted molar refractivity (Wildman–Crippen MR) is 35.5 cm³/mol. The van der Waals surface area contributed by atoms with Crippen molar-refractivity contribution in [2.75, 3.05) is 14.2 Å². The van der Waals surface area contributed by atoms with E-state index in [2.05, 4.69) is 10.1 Å². The Kier molecular flexibility index (Phi) is 4.49. The van der Waals surface area contributed by atoms with Crippen molar-refractivity contribution >= 4 is 12.3 Å². The summed E-state index contributed by atoms with van der Waals surface area (Å²) in [6.45, 7) is 0. The molecule has 1 N–H and O–H groups in total. The second-order valence-electron chi connectivity index (χ2n) is 1.81. The van der Waals surface area contributed by atoms with Gasteiger partial charge in [-0.15, -0.1) is 0 Å². The van der Waals surface area contributed by atoms with Gasteiger partial charge in [0, 0.05) is 0 Å². The van der Waals surface area contributed by atoms with E-state index in [0.717, 1.165) is 0 Å². The van der Waals surface area contributed by atoms with Crippen molar-refractivity contribution in [1.82, 2.24) is 5.32 Å². The summed E-state index contributed by atoms with van der Waals surface area (Å²) in [6.07, 6.45) is 0.771. The van der Waals surface area contributed by atoms with Crippen LogP contribution in [0.4, 0.5) is 0 Å². The lowest BCUT2D eigenvalue weighted by atomic mass is 10.2. The number of likely N-dealkylation sites (N-methyl/N-ethyl adjacent to an activating group) is 1. The number of aldehydes is 1. The average molecular weight is 145 g/mol. The summed E-state index contributed by atoms with van der Waals surface area (Å²) in [5, 5.41) is 2.65. The molecule has 0 aliphatic rings. The SMILES string of the molecule is CNC(C=O)CC(=O)OC. The van der Waals surface area contributed by atoms with E-state index in [1.54, 1.807) is 7.05 Å². The quantitative estimate of drug-likeness (QED) is 0.421. The molecule has 0 aromatic heterocycles. The first-order chi connectivity index (χ1) is 4.74. The second-order valence-corrected chi connectivity index (χ2v) is 1.81. The highest BCUT2D eigenvalue weighted by Crippen LogP contribution is 1.88. The van der Waals surface area contributed by atoms with Crippen LogP contribution in [0.5, 0.6) is 0 Å². The Morgan fingerprint density at radius 3 is 2.70 bits per heavy atom. The third-order valence-corrected chi connectivity index (χ3v) is 1.15. The van der Waals surface area contributed by atoms with Gasteiger partial charge in [-0.25, -0.2) is 0 Å². The van der Waals surface area contributed by atoms with Gasteiger partial charge in [0.1, 0.15) is 6.29 Å². The van der Waals surface area contributed by atoms with Crippen LogP contribution < -0.4 is 5.32 Å². The largest absolute Gasteiger partial charge is 0.469 e. The van der Waals surface area contributed by atoms with Crippen molar-refractivity contribution in [3.8, 4) is 0 Å². The van der Waals surface area contributed by atoms with E-state index in [1.165, 1.54) is 7.11 Å². The van der Waals surface area contributed by atoms with E-state index in [0.29, 0.717) is 6.29 Å². The molecular weight excluding hydrogens is 134 g/mol. The zero-order valence-electron chi connectivity index (χ0n) is 6.09. The van der Waals surface area contributed by atoms with E-state index < -0.39 is 6.04 Å². The maximum atomic E-state index is 10.5. The first-order valence-electron chi connectivity index (χ1n) is 2.94. The van der Waals surface area contributed by atoms with Gasteiger partial charge in [-0.1, -0.05) is 0 Å². The molecule has 0 aromatic rings. The summed E-state index contributed by atoms with van der Waals surface area (Å²) in [4.78, 5) is 20.6. The fourth-order valence-corrected chi connectivity index (χ4v) is 0.481. The minimum absolute atomic E-state index is 0.0938. The number of methoxy groups -OCH3 is 1. The van der Waals surface area contributed by atoms with Crippen molar-refractivity contribution in [2.24, 2.45) is 0 Å². The molecule has 0 bridgehead atoms. The fourth-order valence-electron chi connectivity index (χ4n) is 0.481. The lowest BCUT2D eigenvalue weighted by Crippen LogP contribution is -2.29. The van der Waals surface area contributed by atoms with Gasteiger partial charge in [-0.05, 0) is 7.05 Å². The summed E-state index contributed by atoms with van der Waals surface area (Å²) < 4.78 is 4.35. The van der Waals surface area contributed by atoms with Gasteiger partial charge in [0.2, 0.25) is 0 Å². The standard InChI is InChI=1S/C6H11NO3/c1-7-5(4-8)3-6(9)10-2/h4-5,7H,3H2,1-2H3. The van der Waals surface area contributed by atoms with E-state index in [4.69, 9.17) is 0 Å². The highest BCUT2D eigenvalue weighted by atomic mass is 16.5. The number of carbonyl (C=O) groups excluding carboxylic acids is 2. The molecule has 0 spiro atoms. The number of carbonyl (C=O) groups is 2. The number of hydrogen-bond donors (Lipinski definition) is 1. The molecule has 58 valence electrons. The number of esters is 1. The second kappa shape index (κ2) is 4.93. The topological polar surface area (TPSA) is 55.4 Å². The van der Waals surface area contributed by atoms with Crippen LogP contribution in [-0.2, 0) is 14.3 Å². The Hall–Kier alpha value is -0.900. The lowest BCUT2D eigenvalue weighted by molar-refractivity contribution is -0.141. The Labute approximate surface area is 59.6 Å². The summed E-state index contributed by atoms with van der Waals surface area (Å²) in [5.74, 6) is -0.383. The molecule has 1 unspecified atom stereocenters. The molecular formula is C6H11NO3. The zero-order chi connectivity index (χ0) is 7.98. The Bertz CT molecular complexity index is 124. The van der Waals surface area contributed by atoms with E-state index in [-0.39, 0.29) is 12.4 Å². The van der Waals surface area contributed by atoms with Crippen LogP contribution in [0.2, 0.25) is 0 Å².